The smallest absolute Gasteiger partial charge is 0.494 e. The van der Waals surface area contributed by atoms with E-state index in [0.29, 0.717) is 108 Å². The number of methoxy groups -OCH3 is 1. The number of nitrogens with zero attached hydrogens (tertiary/aromatic N) is 6. The number of nitriles is 3. The lowest BCUT2D eigenvalue weighted by Gasteiger charge is -2.32. The molecule has 13 rings (SSSR count). The monoisotopic (exact) mass is 1300 g/mol. The van der Waals surface area contributed by atoms with Gasteiger partial charge in [-0.25, -0.2) is 23.2 Å². The Morgan fingerprint density at radius 2 is 0.896 bits per heavy atom. The van der Waals surface area contributed by atoms with Crippen LogP contribution in [0, 0.1) is 45.6 Å². The molecule has 12 aromatic rings. The molecule has 1 aliphatic rings. The number of aromatic nitrogens is 3. The van der Waals surface area contributed by atoms with Crippen LogP contribution in [0.2, 0.25) is 5.02 Å². The van der Waals surface area contributed by atoms with Crippen LogP contribution in [-0.4, -0.2) is 76.6 Å². The quantitative estimate of drug-likeness (QED) is 0.0879. The van der Waals surface area contributed by atoms with E-state index < -0.39 is 35.9 Å². The summed E-state index contributed by atoms with van der Waals surface area (Å²) in [5.74, 6) is -0.459. The molecular formula is C74H56BClF2N6O12. The summed E-state index contributed by atoms with van der Waals surface area (Å²) in [5.41, 5.74) is 10.4. The molecule has 478 valence electrons. The summed E-state index contributed by atoms with van der Waals surface area (Å²) in [5, 5.41) is 36.8. The van der Waals surface area contributed by atoms with Gasteiger partial charge in [-0.05, 0) is 149 Å². The molecule has 0 amide bonds. The van der Waals surface area contributed by atoms with Gasteiger partial charge in [0.1, 0.15) is 69.4 Å². The molecular weight excluding hydrogens is 1250 g/mol. The molecule has 1 saturated heterocycles. The zero-order valence-electron chi connectivity index (χ0n) is 52.6. The van der Waals surface area contributed by atoms with Crippen molar-refractivity contribution in [2.45, 2.75) is 52.7 Å². The van der Waals surface area contributed by atoms with Crippen molar-refractivity contribution in [3.05, 3.63) is 232 Å². The largest absolute Gasteiger partial charge is 0.495 e. The molecule has 1 aliphatic heterocycles. The SMILES string of the molecule is CC1(C)OB(c2ccc(F)c(C#N)c2)OC1(C)C.CCOC(=O)c1ccc(-c2cc3nccc(-c4ccc(F)c(C#N)c4)c3o2)cc1.CCOC(=O)c1ccc(-c2cc3nccc(Cl)c3o2)cc1.COc1ccc(-c2ccnc3cc(-c4ccc(C(=O)O)cc4)oc23)cc1C#N. The fraction of sp³-hybridized carbons (Fsp3) is 0.149. The molecule has 18 nitrogen and oxygen atoms in total. The third-order valence-corrected chi connectivity index (χ3v) is 15.9. The number of hydrogen-bond acceptors (Lipinski definition) is 17. The third-order valence-electron chi connectivity index (χ3n) is 15.6. The number of rotatable bonds is 12. The van der Waals surface area contributed by atoms with E-state index >= 15 is 0 Å². The predicted octanol–water partition coefficient (Wildman–Crippen LogP) is 16.4. The van der Waals surface area contributed by atoms with E-state index in [1.807, 2.05) is 64.1 Å². The van der Waals surface area contributed by atoms with Gasteiger partial charge >= 0.3 is 25.0 Å². The summed E-state index contributed by atoms with van der Waals surface area (Å²) in [4.78, 5) is 47.3. The first kappa shape index (κ1) is 67.1. The van der Waals surface area contributed by atoms with Gasteiger partial charge in [0.15, 0.2) is 16.7 Å². The van der Waals surface area contributed by atoms with Crippen LogP contribution >= 0.6 is 11.6 Å². The highest BCUT2D eigenvalue weighted by atomic mass is 35.5. The lowest BCUT2D eigenvalue weighted by atomic mass is 9.78. The Balaban J connectivity index is 0.000000142. The molecule has 6 aromatic carbocycles. The van der Waals surface area contributed by atoms with Gasteiger partial charge in [0.25, 0.3) is 0 Å². The van der Waals surface area contributed by atoms with Gasteiger partial charge in [-0.1, -0.05) is 66.2 Å². The summed E-state index contributed by atoms with van der Waals surface area (Å²) < 4.78 is 71.5. The van der Waals surface area contributed by atoms with Crippen LogP contribution < -0.4 is 10.2 Å². The Morgan fingerprint density at radius 3 is 1.32 bits per heavy atom. The summed E-state index contributed by atoms with van der Waals surface area (Å²) in [6.07, 6.45) is 4.95. The van der Waals surface area contributed by atoms with E-state index in [9.17, 15) is 28.4 Å². The van der Waals surface area contributed by atoms with Crippen LogP contribution in [0.4, 0.5) is 8.78 Å². The number of carbonyl (C=O) groups excluding carboxylic acids is 2. The van der Waals surface area contributed by atoms with Gasteiger partial charge in [0.2, 0.25) is 0 Å². The average Bonchev–Trinajstić information content (AvgIpc) is 1.68. The van der Waals surface area contributed by atoms with Crippen molar-refractivity contribution in [3.63, 3.8) is 0 Å². The molecule has 0 unspecified atom stereocenters. The molecule has 1 N–H and O–H groups in total. The number of ether oxygens (including phenoxy) is 3. The number of pyridine rings is 3. The number of furan rings is 3. The van der Waals surface area contributed by atoms with E-state index in [2.05, 4.69) is 21.0 Å². The first-order valence-corrected chi connectivity index (χ1v) is 30.1. The van der Waals surface area contributed by atoms with Gasteiger partial charge in [-0.3, -0.25) is 15.0 Å². The van der Waals surface area contributed by atoms with Gasteiger partial charge < -0.3 is 41.9 Å². The van der Waals surface area contributed by atoms with Crippen LogP contribution in [0.3, 0.4) is 0 Å². The first-order chi connectivity index (χ1) is 46.2. The van der Waals surface area contributed by atoms with Gasteiger partial charge in [-0.2, -0.15) is 15.8 Å². The van der Waals surface area contributed by atoms with Gasteiger partial charge in [-0.15, -0.1) is 0 Å². The van der Waals surface area contributed by atoms with Crippen molar-refractivity contribution >= 4 is 75.4 Å². The minimum Gasteiger partial charge on any atom is -0.495 e. The van der Waals surface area contributed by atoms with Crippen molar-refractivity contribution in [1.82, 2.24) is 15.0 Å². The number of hydrogen-bond donors (Lipinski definition) is 1. The van der Waals surface area contributed by atoms with E-state index in [4.69, 9.17) is 64.0 Å². The summed E-state index contributed by atoms with van der Waals surface area (Å²) in [6, 6.07) is 50.9. The second-order valence-electron chi connectivity index (χ2n) is 22.2. The highest BCUT2D eigenvalue weighted by Crippen LogP contribution is 2.39. The Kier molecular flexibility index (Phi) is 20.3. The first-order valence-electron chi connectivity index (χ1n) is 29.7. The van der Waals surface area contributed by atoms with Gasteiger partial charge in [0, 0.05) is 64.6 Å². The normalized spacial score (nSPS) is 12.6. The number of fused-ring (bicyclic) bond motifs is 3. The van der Waals surface area contributed by atoms with E-state index in [-0.39, 0.29) is 28.6 Å². The number of carbonyl (C=O) groups is 3. The summed E-state index contributed by atoms with van der Waals surface area (Å²) >= 11 is 6.06. The number of aromatic carboxylic acids is 1. The number of halogens is 3. The van der Waals surface area contributed by atoms with Crippen molar-refractivity contribution < 1.29 is 65.0 Å². The molecule has 0 spiro atoms. The third kappa shape index (κ3) is 14.7. The molecule has 7 heterocycles. The van der Waals surface area contributed by atoms with Crippen LogP contribution in [0.15, 0.2) is 196 Å². The summed E-state index contributed by atoms with van der Waals surface area (Å²) in [7, 11) is 0.956. The Labute approximate surface area is 554 Å². The molecule has 6 aromatic heterocycles. The fourth-order valence-corrected chi connectivity index (χ4v) is 10.1. The lowest BCUT2D eigenvalue weighted by molar-refractivity contribution is 0.00578. The maximum atomic E-state index is 13.7. The van der Waals surface area contributed by atoms with Crippen LogP contribution in [0.25, 0.3) is 89.5 Å². The van der Waals surface area contributed by atoms with Crippen LogP contribution in [0.5, 0.6) is 5.75 Å². The molecule has 22 heteroatoms. The minimum atomic E-state index is -0.979. The Hall–Kier alpha value is -11.8. The maximum absolute atomic E-state index is 13.7. The fourth-order valence-electron chi connectivity index (χ4n) is 9.91. The molecule has 0 atom stereocenters. The van der Waals surface area contributed by atoms with Crippen LogP contribution in [0.1, 0.15) is 89.3 Å². The van der Waals surface area contributed by atoms with Crippen molar-refractivity contribution in [2.24, 2.45) is 0 Å². The van der Waals surface area contributed by atoms with E-state index in [0.717, 1.165) is 27.8 Å². The highest BCUT2D eigenvalue weighted by Gasteiger charge is 2.51. The molecule has 0 radical (unpaired) electrons. The van der Waals surface area contributed by atoms with E-state index in [1.54, 1.807) is 136 Å². The molecule has 0 bridgehead atoms. The van der Waals surface area contributed by atoms with Crippen LogP contribution in [-0.2, 0) is 18.8 Å². The predicted molar refractivity (Wildman–Crippen MR) is 356 cm³/mol. The molecule has 96 heavy (non-hydrogen) atoms. The topological polar surface area (TPSA) is 267 Å². The number of carboxylic acids is 1. The Bertz CT molecular complexity index is 5020. The molecule has 0 saturated carbocycles. The van der Waals surface area contributed by atoms with Crippen molar-refractivity contribution in [3.8, 4) is 80.2 Å². The van der Waals surface area contributed by atoms with Crippen molar-refractivity contribution in [1.29, 1.82) is 15.8 Å². The second-order valence-corrected chi connectivity index (χ2v) is 22.6. The van der Waals surface area contributed by atoms with E-state index in [1.165, 1.54) is 43.5 Å². The highest BCUT2D eigenvalue weighted by molar-refractivity contribution is 6.62. The standard InChI is InChI=1S/C23H15FN2O3.C22H14N2O4.C16H12ClNO3.C13H15BFNO2/c1-2-28-23(27)15-5-3-14(4-6-15)21-12-20-22(29-21)18(9-10-26-20)16-7-8-19(24)17(11-16)13-25;1-27-19-7-6-15(10-16(19)12-23)17-8-9-24-18-11-20(28-21(17)18)13-2-4-14(5-3-13)22(25)26;1-2-20-16(19)11-5-3-10(4-6-11)14-9-13-15(21-14)12(17)7-8-18-13;1-12(2)13(3,4)18-14(17-12)10-5-6-11(15)9(7-10)8-16/h3-12H,2H2,1H3;2-11H,1H3,(H,25,26);3-9H,2H2,1H3;5-7H,1-4H3. The van der Waals surface area contributed by atoms with Gasteiger partial charge in [0.05, 0.1) is 69.9 Å². The number of carboxylic acid groups (broad SMARTS) is 1. The zero-order chi connectivity index (χ0) is 68.4. The molecule has 0 aliphatic carbocycles. The summed E-state index contributed by atoms with van der Waals surface area (Å²) in [6.45, 7) is 12.0. The maximum Gasteiger partial charge on any atom is 0.494 e. The molecule has 1 fully saturated rings. The Morgan fingerprint density at radius 1 is 0.510 bits per heavy atom. The number of esters is 2. The number of benzene rings is 6. The zero-order valence-corrected chi connectivity index (χ0v) is 53.3. The lowest BCUT2D eigenvalue weighted by Crippen LogP contribution is -2.41. The minimum absolute atomic E-state index is 0.00205. The average molecular weight is 1310 g/mol. The van der Waals surface area contributed by atoms with Crippen molar-refractivity contribution in [2.75, 3.05) is 20.3 Å². The second kappa shape index (κ2) is 29.0.